The van der Waals surface area contributed by atoms with Gasteiger partial charge in [-0.25, -0.2) is 0 Å². The van der Waals surface area contributed by atoms with Gasteiger partial charge in [0.25, 0.3) is 0 Å². The average molecular weight is 269 g/mol. The lowest BCUT2D eigenvalue weighted by molar-refractivity contribution is -0.139. The highest BCUT2D eigenvalue weighted by Gasteiger charge is 2.20. The van der Waals surface area contributed by atoms with E-state index in [1.54, 1.807) is 19.2 Å². The largest absolute Gasteiger partial charge is 0.496 e. The molecule has 6 heteroatoms. The highest BCUT2D eigenvalue weighted by atomic mass is 16.5. The summed E-state index contributed by atoms with van der Waals surface area (Å²) in [6.45, 7) is 0. The zero-order valence-electron chi connectivity index (χ0n) is 11.5. The number of likely N-dealkylation sites (N-methyl/N-ethyl adjacent to an activating group) is 1. The van der Waals surface area contributed by atoms with Crippen LogP contribution >= 0.6 is 0 Å². The molecule has 1 aromatic carbocycles. The predicted octanol–water partition coefficient (Wildman–Crippen LogP) is 0.927. The molecule has 1 aromatic rings. The maximum atomic E-state index is 11.1. The summed E-state index contributed by atoms with van der Waals surface area (Å²) in [5.41, 5.74) is 0.738. The third-order valence-corrected chi connectivity index (χ3v) is 2.86. The number of ether oxygens (including phenoxy) is 3. The number of aliphatic carboxylic acids is 1. The summed E-state index contributed by atoms with van der Waals surface area (Å²) in [6, 6.07) is 2.72. The van der Waals surface area contributed by atoms with Gasteiger partial charge in [-0.05, 0) is 13.1 Å². The molecule has 0 saturated heterocycles. The number of carbonyl (C=O) groups is 1. The van der Waals surface area contributed by atoms with E-state index >= 15 is 0 Å². The van der Waals surface area contributed by atoms with E-state index in [0.717, 1.165) is 5.56 Å². The van der Waals surface area contributed by atoms with Crippen molar-refractivity contribution in [1.82, 2.24) is 5.32 Å². The van der Waals surface area contributed by atoms with Crippen LogP contribution in [0.25, 0.3) is 0 Å². The van der Waals surface area contributed by atoms with Crippen LogP contribution in [0.1, 0.15) is 5.56 Å². The molecule has 0 aliphatic rings. The Balaban J connectivity index is 3.14. The number of methoxy groups -OCH3 is 3. The molecule has 0 fully saturated rings. The zero-order valence-corrected chi connectivity index (χ0v) is 11.5. The summed E-state index contributed by atoms with van der Waals surface area (Å²) in [4.78, 5) is 11.1. The number of nitrogens with one attached hydrogen (secondary N) is 1. The van der Waals surface area contributed by atoms with Gasteiger partial charge in [-0.15, -0.1) is 0 Å². The summed E-state index contributed by atoms with van der Waals surface area (Å²) < 4.78 is 15.6. The van der Waals surface area contributed by atoms with Crippen LogP contribution in [-0.4, -0.2) is 45.5 Å². The van der Waals surface area contributed by atoms with E-state index in [0.29, 0.717) is 17.2 Å². The molecule has 1 unspecified atom stereocenters. The van der Waals surface area contributed by atoms with Gasteiger partial charge in [-0.3, -0.25) is 4.79 Å². The highest BCUT2D eigenvalue weighted by molar-refractivity contribution is 5.74. The standard InChI is InChI=1S/C13H19NO5/c1-14-9(13(15)16)5-8-6-11(18-3)12(19-4)7-10(8)17-2/h6-7,9,14H,5H2,1-4H3,(H,15,16). The van der Waals surface area contributed by atoms with Crippen molar-refractivity contribution in [2.45, 2.75) is 12.5 Å². The Hall–Kier alpha value is -1.95. The molecule has 0 spiro atoms. The molecule has 0 saturated carbocycles. The normalized spacial score (nSPS) is 11.8. The number of hydrogen-bond donors (Lipinski definition) is 2. The fourth-order valence-electron chi connectivity index (χ4n) is 1.78. The lowest BCUT2D eigenvalue weighted by atomic mass is 10.0. The number of benzene rings is 1. The van der Waals surface area contributed by atoms with E-state index in [2.05, 4.69) is 5.32 Å². The van der Waals surface area contributed by atoms with Crippen LogP contribution in [0, 0.1) is 0 Å². The maximum absolute atomic E-state index is 11.1. The van der Waals surface area contributed by atoms with Gasteiger partial charge >= 0.3 is 5.97 Å². The Kier molecular flexibility index (Phi) is 5.44. The Bertz CT molecular complexity index is 447. The maximum Gasteiger partial charge on any atom is 0.321 e. The Morgan fingerprint density at radius 3 is 2.11 bits per heavy atom. The van der Waals surface area contributed by atoms with Crippen molar-refractivity contribution in [3.63, 3.8) is 0 Å². The molecule has 0 radical (unpaired) electrons. The van der Waals surface area contributed by atoms with E-state index < -0.39 is 12.0 Å². The molecule has 1 atom stereocenters. The number of hydrogen-bond acceptors (Lipinski definition) is 5. The van der Waals surface area contributed by atoms with Crippen molar-refractivity contribution in [2.24, 2.45) is 0 Å². The van der Waals surface area contributed by atoms with Crippen LogP contribution in [0.5, 0.6) is 17.2 Å². The van der Waals surface area contributed by atoms with Crippen LogP contribution in [0.2, 0.25) is 0 Å². The van der Waals surface area contributed by atoms with Gasteiger partial charge in [0, 0.05) is 18.1 Å². The van der Waals surface area contributed by atoms with Crippen LogP contribution in [0.3, 0.4) is 0 Å². The van der Waals surface area contributed by atoms with E-state index in [1.807, 2.05) is 0 Å². The first-order valence-electron chi connectivity index (χ1n) is 5.76. The first kappa shape index (κ1) is 15.1. The van der Waals surface area contributed by atoms with Crippen molar-refractivity contribution in [2.75, 3.05) is 28.4 Å². The molecule has 6 nitrogen and oxygen atoms in total. The molecule has 106 valence electrons. The van der Waals surface area contributed by atoms with Gasteiger partial charge in [0.1, 0.15) is 11.8 Å². The third-order valence-electron chi connectivity index (χ3n) is 2.86. The van der Waals surface area contributed by atoms with Crippen LogP contribution in [-0.2, 0) is 11.2 Å². The molecular formula is C13H19NO5. The molecule has 0 aromatic heterocycles. The van der Waals surface area contributed by atoms with Crippen molar-refractivity contribution in [3.05, 3.63) is 17.7 Å². The highest BCUT2D eigenvalue weighted by Crippen LogP contribution is 2.35. The topological polar surface area (TPSA) is 77.0 Å². The molecule has 19 heavy (non-hydrogen) atoms. The monoisotopic (exact) mass is 269 g/mol. The fraction of sp³-hybridized carbons (Fsp3) is 0.462. The second-order valence-electron chi connectivity index (χ2n) is 3.90. The molecule has 0 heterocycles. The van der Waals surface area contributed by atoms with E-state index in [4.69, 9.17) is 19.3 Å². The quantitative estimate of drug-likeness (QED) is 0.766. The second kappa shape index (κ2) is 6.84. The SMILES string of the molecule is CNC(Cc1cc(OC)c(OC)cc1OC)C(=O)O. The molecule has 0 aliphatic carbocycles. The first-order chi connectivity index (χ1) is 9.07. The smallest absolute Gasteiger partial charge is 0.321 e. The molecule has 1 rings (SSSR count). The summed E-state index contributed by atoms with van der Waals surface area (Å²) in [5.74, 6) is 0.733. The first-order valence-corrected chi connectivity index (χ1v) is 5.76. The van der Waals surface area contributed by atoms with Gasteiger partial charge in [0.15, 0.2) is 11.5 Å². The van der Waals surface area contributed by atoms with E-state index in [1.165, 1.54) is 21.3 Å². The van der Waals surface area contributed by atoms with Gasteiger partial charge in [0.2, 0.25) is 0 Å². The number of carboxylic acid groups (broad SMARTS) is 1. The van der Waals surface area contributed by atoms with Crippen LogP contribution in [0.15, 0.2) is 12.1 Å². The zero-order chi connectivity index (χ0) is 14.4. The Labute approximate surface area is 112 Å². The van der Waals surface area contributed by atoms with Gasteiger partial charge in [0.05, 0.1) is 21.3 Å². The predicted molar refractivity (Wildman–Crippen MR) is 70.3 cm³/mol. The minimum absolute atomic E-state index is 0.287. The molecular weight excluding hydrogens is 250 g/mol. The lowest BCUT2D eigenvalue weighted by Gasteiger charge is -2.16. The van der Waals surface area contributed by atoms with Crippen LogP contribution in [0.4, 0.5) is 0 Å². The second-order valence-corrected chi connectivity index (χ2v) is 3.90. The van der Waals surface area contributed by atoms with E-state index in [9.17, 15) is 4.79 Å². The molecule has 2 N–H and O–H groups in total. The van der Waals surface area contributed by atoms with Crippen LogP contribution < -0.4 is 19.5 Å². The van der Waals surface area contributed by atoms with Gasteiger partial charge < -0.3 is 24.6 Å². The summed E-state index contributed by atoms with van der Waals surface area (Å²) in [6.07, 6.45) is 0.287. The summed E-state index contributed by atoms with van der Waals surface area (Å²) in [7, 11) is 6.19. The molecule has 0 aliphatic heterocycles. The van der Waals surface area contributed by atoms with Crippen molar-refractivity contribution >= 4 is 5.97 Å². The Morgan fingerprint density at radius 2 is 1.68 bits per heavy atom. The minimum Gasteiger partial charge on any atom is -0.496 e. The van der Waals surface area contributed by atoms with Gasteiger partial charge in [-0.2, -0.15) is 0 Å². The summed E-state index contributed by atoms with van der Waals surface area (Å²) >= 11 is 0. The van der Waals surface area contributed by atoms with E-state index in [-0.39, 0.29) is 6.42 Å². The molecule has 0 amide bonds. The lowest BCUT2D eigenvalue weighted by Crippen LogP contribution is -2.35. The van der Waals surface area contributed by atoms with Crippen molar-refractivity contribution in [3.8, 4) is 17.2 Å². The summed E-state index contributed by atoms with van der Waals surface area (Å²) in [5, 5.41) is 11.8. The Morgan fingerprint density at radius 1 is 1.16 bits per heavy atom. The third kappa shape index (κ3) is 3.51. The minimum atomic E-state index is -0.917. The fourth-order valence-corrected chi connectivity index (χ4v) is 1.78. The van der Waals surface area contributed by atoms with Gasteiger partial charge in [-0.1, -0.05) is 0 Å². The molecule has 0 bridgehead atoms. The van der Waals surface area contributed by atoms with Crippen molar-refractivity contribution < 1.29 is 24.1 Å². The number of rotatable bonds is 7. The number of carboxylic acids is 1. The van der Waals surface area contributed by atoms with Crippen molar-refractivity contribution in [1.29, 1.82) is 0 Å². The average Bonchev–Trinajstić information content (AvgIpc) is 2.43.